The number of hydrogen-bond acceptors (Lipinski definition) is 6. The fourth-order valence-corrected chi connectivity index (χ4v) is 4.57. The summed E-state index contributed by atoms with van der Waals surface area (Å²) in [5, 5.41) is 4.07. The molecule has 1 saturated heterocycles. The number of hydrogen-bond donors (Lipinski definition) is 0. The molecule has 0 N–H and O–H groups in total. The lowest BCUT2D eigenvalue weighted by Gasteiger charge is -2.31. The van der Waals surface area contributed by atoms with E-state index in [2.05, 4.69) is 33.3 Å². The maximum Gasteiger partial charge on any atom is 0.238 e. The van der Waals surface area contributed by atoms with Crippen molar-refractivity contribution in [2.45, 2.75) is 32.2 Å². The predicted octanol–water partition coefficient (Wildman–Crippen LogP) is 4.59. The number of rotatable bonds is 4. The molecule has 6 rings (SSSR count). The van der Waals surface area contributed by atoms with Gasteiger partial charge in [-0.05, 0) is 36.6 Å². The van der Waals surface area contributed by atoms with Crippen LogP contribution < -0.4 is 9.64 Å². The summed E-state index contributed by atoms with van der Waals surface area (Å²) in [5.74, 6) is 0.688. The van der Waals surface area contributed by atoms with E-state index < -0.39 is 0 Å². The van der Waals surface area contributed by atoms with Crippen molar-refractivity contribution in [1.29, 1.82) is 0 Å². The maximum atomic E-state index is 12.3. The topological polar surface area (TPSA) is 81.4 Å². The molecule has 1 fully saturated rings. The van der Waals surface area contributed by atoms with Gasteiger partial charge in [0.2, 0.25) is 11.8 Å². The van der Waals surface area contributed by atoms with Gasteiger partial charge in [-0.3, -0.25) is 9.78 Å². The van der Waals surface area contributed by atoms with Crippen molar-refractivity contribution in [2.24, 2.45) is 0 Å². The van der Waals surface area contributed by atoms with Crippen LogP contribution in [0.1, 0.15) is 29.7 Å². The second-order valence-electron chi connectivity index (χ2n) is 8.57. The average molecular weight is 438 g/mol. The highest BCUT2D eigenvalue weighted by Crippen LogP contribution is 2.37. The molecule has 0 radical (unpaired) electrons. The molecule has 7 nitrogen and oxygen atoms in total. The van der Waals surface area contributed by atoms with Gasteiger partial charge >= 0.3 is 0 Å². The fourth-order valence-electron chi connectivity index (χ4n) is 4.57. The zero-order chi connectivity index (χ0) is 22.4. The van der Waals surface area contributed by atoms with Crippen LogP contribution in [-0.4, -0.2) is 33.7 Å². The van der Waals surface area contributed by atoms with Crippen molar-refractivity contribution in [3.05, 3.63) is 77.9 Å². The number of aromatic nitrogens is 3. The van der Waals surface area contributed by atoms with Gasteiger partial charge in [0.25, 0.3) is 0 Å². The number of benzene rings is 1. The minimum atomic E-state index is 0.124. The number of amides is 1. The van der Waals surface area contributed by atoms with Gasteiger partial charge in [-0.25, -0.2) is 4.98 Å². The van der Waals surface area contributed by atoms with E-state index in [0.717, 1.165) is 51.3 Å². The van der Waals surface area contributed by atoms with Gasteiger partial charge < -0.3 is 14.2 Å². The first-order chi connectivity index (χ1) is 16.2. The summed E-state index contributed by atoms with van der Waals surface area (Å²) < 4.78 is 10.8. The Hall–Kier alpha value is -4.00. The molecule has 4 aromatic rings. The van der Waals surface area contributed by atoms with Crippen molar-refractivity contribution < 1.29 is 14.1 Å². The van der Waals surface area contributed by atoms with Crippen molar-refractivity contribution in [3.63, 3.8) is 0 Å². The highest BCUT2D eigenvalue weighted by atomic mass is 16.5. The Morgan fingerprint density at radius 2 is 1.85 bits per heavy atom. The summed E-state index contributed by atoms with van der Waals surface area (Å²) in [5.41, 5.74) is 7.77. The molecule has 7 heteroatoms. The van der Waals surface area contributed by atoms with Crippen molar-refractivity contribution >= 4 is 11.6 Å². The fraction of sp³-hybridized carbons (Fsp3) is 0.231. The zero-order valence-corrected chi connectivity index (χ0v) is 18.2. The average Bonchev–Trinajstić information content (AvgIpc) is 3.45. The van der Waals surface area contributed by atoms with Crippen LogP contribution in [0.4, 0.5) is 5.69 Å². The smallest absolute Gasteiger partial charge is 0.238 e. The van der Waals surface area contributed by atoms with Crippen LogP contribution in [0.15, 0.2) is 65.6 Å². The molecule has 33 heavy (non-hydrogen) atoms. The van der Waals surface area contributed by atoms with E-state index in [9.17, 15) is 4.79 Å². The minimum absolute atomic E-state index is 0.124. The third kappa shape index (κ3) is 3.55. The molecule has 1 aromatic carbocycles. The molecular weight excluding hydrogens is 416 g/mol. The third-order valence-electron chi connectivity index (χ3n) is 6.33. The summed E-state index contributed by atoms with van der Waals surface area (Å²) in [7, 11) is 0. The highest BCUT2D eigenvalue weighted by molar-refractivity contribution is 5.97. The Kier molecular flexibility index (Phi) is 4.68. The number of ether oxygens (including phenoxy) is 1. The lowest BCUT2D eigenvalue weighted by molar-refractivity contribution is -0.117. The Morgan fingerprint density at radius 1 is 1.03 bits per heavy atom. The predicted molar refractivity (Wildman–Crippen MR) is 123 cm³/mol. The van der Waals surface area contributed by atoms with Gasteiger partial charge in [0, 0.05) is 47.6 Å². The van der Waals surface area contributed by atoms with Gasteiger partial charge in [0.1, 0.15) is 24.3 Å². The number of anilines is 1. The van der Waals surface area contributed by atoms with Crippen LogP contribution >= 0.6 is 0 Å². The lowest BCUT2D eigenvalue weighted by atomic mass is 10.0. The van der Waals surface area contributed by atoms with Crippen molar-refractivity contribution in [1.82, 2.24) is 15.1 Å². The second-order valence-corrected chi connectivity index (χ2v) is 8.57. The Balaban J connectivity index is 1.20. The molecular formula is C26H22N4O3. The van der Waals surface area contributed by atoms with Crippen LogP contribution in [0.5, 0.6) is 5.88 Å². The molecule has 2 aliphatic heterocycles. The molecule has 3 aromatic heterocycles. The lowest BCUT2D eigenvalue weighted by Crippen LogP contribution is -2.40. The second kappa shape index (κ2) is 7.85. The molecule has 0 spiro atoms. The number of pyridine rings is 2. The molecule has 0 saturated carbocycles. The summed E-state index contributed by atoms with van der Waals surface area (Å²) in [6.45, 7) is 2.50. The molecule has 0 aliphatic carbocycles. The summed E-state index contributed by atoms with van der Waals surface area (Å²) in [6, 6.07) is 14.5. The minimum Gasteiger partial charge on any atom is -0.474 e. The van der Waals surface area contributed by atoms with E-state index in [1.807, 2.05) is 42.3 Å². The SMILES string of the molecule is Cc1conc1-c1ccc(-c2ccc(Cc3cnc4c(c3)N3C(=O)CC[C@H]3CO4)nc2)cc1. The highest BCUT2D eigenvalue weighted by Gasteiger charge is 2.38. The monoisotopic (exact) mass is 438 g/mol. The zero-order valence-electron chi connectivity index (χ0n) is 18.2. The van der Waals surface area contributed by atoms with Crippen LogP contribution in [0.2, 0.25) is 0 Å². The number of fused-ring (bicyclic) bond motifs is 3. The number of carbonyl (C=O) groups is 1. The van der Waals surface area contributed by atoms with Crippen molar-refractivity contribution in [2.75, 3.05) is 11.5 Å². The van der Waals surface area contributed by atoms with E-state index in [1.54, 1.807) is 12.5 Å². The van der Waals surface area contributed by atoms with E-state index in [4.69, 9.17) is 9.26 Å². The van der Waals surface area contributed by atoms with Gasteiger partial charge in [-0.2, -0.15) is 0 Å². The van der Waals surface area contributed by atoms with Crippen LogP contribution in [0, 0.1) is 6.92 Å². The largest absolute Gasteiger partial charge is 0.474 e. The number of nitrogens with zero attached hydrogens (tertiary/aromatic N) is 4. The van der Waals surface area contributed by atoms with Gasteiger partial charge in [0.15, 0.2) is 0 Å². The molecule has 2 aliphatic rings. The number of aryl methyl sites for hydroxylation is 1. The van der Waals surface area contributed by atoms with Crippen LogP contribution in [0.3, 0.4) is 0 Å². The summed E-state index contributed by atoms with van der Waals surface area (Å²) in [4.78, 5) is 23.3. The van der Waals surface area contributed by atoms with E-state index >= 15 is 0 Å². The summed E-state index contributed by atoms with van der Waals surface area (Å²) >= 11 is 0. The van der Waals surface area contributed by atoms with Gasteiger partial charge in [-0.15, -0.1) is 0 Å². The van der Waals surface area contributed by atoms with Crippen LogP contribution in [0.25, 0.3) is 22.4 Å². The Bertz CT molecular complexity index is 1330. The van der Waals surface area contributed by atoms with E-state index in [1.165, 1.54) is 0 Å². The third-order valence-corrected chi connectivity index (χ3v) is 6.33. The molecule has 5 heterocycles. The summed E-state index contributed by atoms with van der Waals surface area (Å²) in [6.07, 6.45) is 7.39. The molecule has 0 unspecified atom stereocenters. The van der Waals surface area contributed by atoms with Crippen molar-refractivity contribution in [3.8, 4) is 28.3 Å². The first-order valence-electron chi connectivity index (χ1n) is 11.1. The standard InChI is InChI=1S/C26H22N4O3/c1-16-14-33-29-25(16)19-4-2-18(3-5-19)20-6-7-21(27-13-20)10-17-11-23-26(28-12-17)32-15-22-8-9-24(31)30(22)23/h2-7,11-14,22H,8-10,15H2,1H3/t22-/m0/s1. The molecule has 164 valence electrons. The van der Waals surface area contributed by atoms with Gasteiger partial charge in [-0.1, -0.05) is 35.5 Å². The van der Waals surface area contributed by atoms with E-state index in [-0.39, 0.29) is 11.9 Å². The van der Waals surface area contributed by atoms with E-state index in [0.29, 0.717) is 25.3 Å². The normalized spacial score (nSPS) is 16.9. The van der Waals surface area contributed by atoms with Gasteiger partial charge in [0.05, 0.1) is 6.04 Å². The maximum absolute atomic E-state index is 12.3. The quantitative estimate of drug-likeness (QED) is 0.464. The first-order valence-corrected chi connectivity index (χ1v) is 11.1. The molecule has 0 bridgehead atoms. The Labute approximate surface area is 191 Å². The molecule has 1 atom stereocenters. The Morgan fingerprint density at radius 3 is 2.61 bits per heavy atom. The molecule has 1 amide bonds. The first kappa shape index (κ1) is 19.7. The van der Waals surface area contributed by atoms with Crippen LogP contribution in [-0.2, 0) is 11.2 Å². The number of carbonyl (C=O) groups excluding carboxylic acids is 1.